The fraction of sp³-hybridized carbons (Fsp3) is 0.174. The largest absolute Gasteiger partial charge is 0.357 e. The third kappa shape index (κ3) is 4.49. The van der Waals surface area contributed by atoms with Crippen LogP contribution < -0.4 is 21.5 Å². The highest BCUT2D eigenvalue weighted by atomic mass is 19.1. The minimum absolute atomic E-state index is 0.0636. The van der Waals surface area contributed by atoms with Crippen LogP contribution in [0.25, 0.3) is 22.2 Å². The van der Waals surface area contributed by atoms with E-state index in [1.807, 2.05) is 13.8 Å². The van der Waals surface area contributed by atoms with E-state index in [0.29, 0.717) is 33.8 Å². The summed E-state index contributed by atoms with van der Waals surface area (Å²) in [4.78, 5) is 38.3. The molecule has 0 atom stereocenters. The lowest BCUT2D eigenvalue weighted by Crippen LogP contribution is -2.25. The average Bonchev–Trinajstić information content (AvgIpc) is 2.80. The standard InChI is InChI=1S/C23H22FN7O2/c1-13(2)31-20-15(11-27-22(25-3)30-20)9-17(21(31)32)14-6-7-18(24)19(10-14)29-23(33)28-16-5-4-8-26-12-16/h4-13H,1-3H3,(H,25,27,30)(H2,28,29,33). The molecule has 0 aliphatic heterocycles. The molecule has 0 unspecified atom stereocenters. The van der Waals surface area contributed by atoms with Crippen molar-refractivity contribution >= 4 is 34.4 Å². The number of amides is 2. The van der Waals surface area contributed by atoms with Crippen LogP contribution in [0.3, 0.4) is 0 Å². The first kappa shape index (κ1) is 21.9. The van der Waals surface area contributed by atoms with Gasteiger partial charge in [-0.25, -0.2) is 14.2 Å². The lowest BCUT2D eigenvalue weighted by atomic mass is 10.0. The van der Waals surface area contributed by atoms with Crippen LogP contribution in [0, 0.1) is 5.82 Å². The van der Waals surface area contributed by atoms with Gasteiger partial charge in [0.1, 0.15) is 11.5 Å². The van der Waals surface area contributed by atoms with Crippen molar-refractivity contribution in [1.82, 2.24) is 19.5 Å². The molecule has 0 fully saturated rings. The zero-order valence-electron chi connectivity index (χ0n) is 18.3. The molecule has 168 valence electrons. The molecule has 3 N–H and O–H groups in total. The van der Waals surface area contributed by atoms with Crippen LogP contribution in [-0.2, 0) is 0 Å². The number of carbonyl (C=O) groups excluding carboxylic acids is 1. The first-order chi connectivity index (χ1) is 15.9. The van der Waals surface area contributed by atoms with Gasteiger partial charge in [-0.1, -0.05) is 6.07 Å². The summed E-state index contributed by atoms with van der Waals surface area (Å²) < 4.78 is 16.0. The highest BCUT2D eigenvalue weighted by Crippen LogP contribution is 2.26. The molecule has 4 rings (SSSR count). The third-order valence-corrected chi connectivity index (χ3v) is 4.96. The number of benzene rings is 1. The zero-order valence-corrected chi connectivity index (χ0v) is 18.3. The number of halogens is 1. The fourth-order valence-corrected chi connectivity index (χ4v) is 3.44. The van der Waals surface area contributed by atoms with Gasteiger partial charge in [0, 0.05) is 36.4 Å². The van der Waals surface area contributed by atoms with Gasteiger partial charge < -0.3 is 16.0 Å². The van der Waals surface area contributed by atoms with Crippen molar-refractivity contribution in [3.63, 3.8) is 0 Å². The molecule has 3 heterocycles. The molecular formula is C23H22FN7O2. The second-order valence-electron chi connectivity index (χ2n) is 7.56. The Kier molecular flexibility index (Phi) is 5.99. The Morgan fingerprint density at radius 1 is 1.12 bits per heavy atom. The van der Waals surface area contributed by atoms with Gasteiger partial charge in [0.15, 0.2) is 0 Å². The van der Waals surface area contributed by atoms with E-state index in [2.05, 4.69) is 30.9 Å². The zero-order chi connectivity index (χ0) is 23.5. The van der Waals surface area contributed by atoms with E-state index in [4.69, 9.17) is 0 Å². The molecule has 10 heteroatoms. The highest BCUT2D eigenvalue weighted by molar-refractivity contribution is 6.00. The van der Waals surface area contributed by atoms with Gasteiger partial charge in [-0.15, -0.1) is 0 Å². The summed E-state index contributed by atoms with van der Waals surface area (Å²) in [7, 11) is 1.70. The van der Waals surface area contributed by atoms with Gasteiger partial charge >= 0.3 is 6.03 Å². The SMILES string of the molecule is CNc1ncc2cc(-c3ccc(F)c(NC(=O)Nc4cccnc4)c3)c(=O)n(C(C)C)c2n1. The number of pyridine rings is 2. The molecule has 4 aromatic rings. The van der Waals surface area contributed by atoms with Crippen LogP contribution >= 0.6 is 0 Å². The number of aromatic nitrogens is 4. The number of nitrogens with one attached hydrogen (secondary N) is 3. The summed E-state index contributed by atoms with van der Waals surface area (Å²) in [6.45, 7) is 3.76. The number of urea groups is 1. The van der Waals surface area contributed by atoms with E-state index in [1.165, 1.54) is 24.4 Å². The minimum Gasteiger partial charge on any atom is -0.357 e. The molecule has 0 bridgehead atoms. The van der Waals surface area contributed by atoms with E-state index in [9.17, 15) is 14.0 Å². The second-order valence-corrected chi connectivity index (χ2v) is 7.56. The number of carbonyl (C=O) groups is 1. The first-order valence-electron chi connectivity index (χ1n) is 10.3. The number of hydrogen-bond donors (Lipinski definition) is 3. The van der Waals surface area contributed by atoms with Crippen molar-refractivity contribution in [1.29, 1.82) is 0 Å². The van der Waals surface area contributed by atoms with E-state index in [0.717, 1.165) is 0 Å². The predicted octanol–water partition coefficient (Wildman–Crippen LogP) is 4.26. The summed E-state index contributed by atoms with van der Waals surface area (Å²) >= 11 is 0. The van der Waals surface area contributed by atoms with Crippen LogP contribution in [0.15, 0.2) is 59.8 Å². The number of nitrogens with zero attached hydrogens (tertiary/aromatic N) is 4. The summed E-state index contributed by atoms with van der Waals surface area (Å²) in [6.07, 6.45) is 4.67. The van der Waals surface area contributed by atoms with Crippen LogP contribution in [0.5, 0.6) is 0 Å². The summed E-state index contributed by atoms with van der Waals surface area (Å²) in [5.41, 5.74) is 1.40. The molecule has 1 aromatic carbocycles. The maximum absolute atomic E-state index is 14.5. The molecule has 3 aromatic heterocycles. The Morgan fingerprint density at radius 3 is 2.64 bits per heavy atom. The highest BCUT2D eigenvalue weighted by Gasteiger charge is 2.17. The van der Waals surface area contributed by atoms with Crippen LogP contribution in [0.2, 0.25) is 0 Å². The molecule has 0 saturated heterocycles. The molecule has 0 saturated carbocycles. The van der Waals surface area contributed by atoms with Crippen molar-refractivity contribution in [3.05, 3.63) is 71.2 Å². The Balaban J connectivity index is 1.75. The van der Waals surface area contributed by atoms with Gasteiger partial charge in [-0.2, -0.15) is 4.98 Å². The Hall–Kier alpha value is -4.34. The smallest absolute Gasteiger partial charge is 0.323 e. The van der Waals surface area contributed by atoms with Gasteiger partial charge in [0.2, 0.25) is 5.95 Å². The van der Waals surface area contributed by atoms with E-state index >= 15 is 0 Å². The van der Waals surface area contributed by atoms with Crippen LogP contribution in [0.4, 0.5) is 26.5 Å². The van der Waals surface area contributed by atoms with Crippen molar-refractivity contribution in [2.24, 2.45) is 0 Å². The van der Waals surface area contributed by atoms with Crippen molar-refractivity contribution in [2.75, 3.05) is 23.0 Å². The first-order valence-corrected chi connectivity index (χ1v) is 10.3. The molecule has 0 aliphatic rings. The van der Waals surface area contributed by atoms with Crippen LogP contribution in [-0.4, -0.2) is 32.6 Å². The lowest BCUT2D eigenvalue weighted by molar-refractivity contribution is 0.262. The monoisotopic (exact) mass is 447 g/mol. The lowest BCUT2D eigenvalue weighted by Gasteiger charge is -2.16. The summed E-state index contributed by atoms with van der Waals surface area (Å²) in [5, 5.41) is 8.59. The number of fused-ring (bicyclic) bond motifs is 1. The van der Waals surface area contributed by atoms with E-state index in [-0.39, 0.29) is 17.3 Å². The molecule has 0 radical (unpaired) electrons. The topological polar surface area (TPSA) is 114 Å². The Morgan fingerprint density at radius 2 is 1.94 bits per heavy atom. The minimum atomic E-state index is -0.634. The predicted molar refractivity (Wildman–Crippen MR) is 126 cm³/mol. The molecule has 33 heavy (non-hydrogen) atoms. The number of anilines is 3. The Bertz CT molecular complexity index is 1390. The van der Waals surface area contributed by atoms with Crippen LogP contribution in [0.1, 0.15) is 19.9 Å². The molecule has 2 amide bonds. The van der Waals surface area contributed by atoms with Gasteiger partial charge in [-0.05, 0) is 49.7 Å². The Labute approximate surface area is 188 Å². The van der Waals surface area contributed by atoms with Gasteiger partial charge in [-0.3, -0.25) is 14.3 Å². The van der Waals surface area contributed by atoms with Crippen molar-refractivity contribution in [2.45, 2.75) is 19.9 Å². The summed E-state index contributed by atoms with van der Waals surface area (Å²) in [5.74, 6) is -0.232. The fourth-order valence-electron chi connectivity index (χ4n) is 3.44. The van der Waals surface area contributed by atoms with E-state index in [1.54, 1.807) is 42.2 Å². The molecule has 0 aliphatic carbocycles. The summed E-state index contributed by atoms with van der Waals surface area (Å²) in [6, 6.07) is 8.31. The average molecular weight is 447 g/mol. The maximum atomic E-state index is 14.5. The van der Waals surface area contributed by atoms with Gasteiger partial charge in [0.25, 0.3) is 5.56 Å². The molecule has 0 spiro atoms. The van der Waals surface area contributed by atoms with Gasteiger partial charge in [0.05, 0.1) is 17.6 Å². The molecular weight excluding hydrogens is 425 g/mol. The maximum Gasteiger partial charge on any atom is 0.323 e. The third-order valence-electron chi connectivity index (χ3n) is 4.96. The normalized spacial score (nSPS) is 10.9. The molecule has 9 nitrogen and oxygen atoms in total. The van der Waals surface area contributed by atoms with E-state index < -0.39 is 11.8 Å². The number of rotatable bonds is 5. The number of hydrogen-bond acceptors (Lipinski definition) is 6. The second kappa shape index (κ2) is 9.03. The quantitative estimate of drug-likeness (QED) is 0.421. The van der Waals surface area contributed by atoms with Crippen molar-refractivity contribution < 1.29 is 9.18 Å². The van der Waals surface area contributed by atoms with Crippen molar-refractivity contribution in [3.8, 4) is 11.1 Å².